The van der Waals surface area contributed by atoms with Gasteiger partial charge in [-0.05, 0) is 48.9 Å². The molecular formula is C25H19ClN2O6. The Morgan fingerprint density at radius 1 is 1.03 bits per heavy atom. The first-order chi connectivity index (χ1) is 16.3. The Kier molecular flexibility index (Phi) is 7.89. The number of carbonyl (C=O) groups is 3. The molecule has 34 heavy (non-hydrogen) atoms. The molecule has 0 aromatic heterocycles. The fourth-order valence-corrected chi connectivity index (χ4v) is 3.25. The van der Waals surface area contributed by atoms with E-state index in [0.29, 0.717) is 5.69 Å². The molecule has 3 rings (SSSR count). The number of rotatable bonds is 8. The Hall–Kier alpha value is -4.30. The molecule has 0 aliphatic rings. The van der Waals surface area contributed by atoms with Crippen molar-refractivity contribution in [2.75, 3.05) is 11.9 Å². The third-order valence-corrected chi connectivity index (χ3v) is 5.01. The van der Waals surface area contributed by atoms with Gasteiger partial charge in [-0.2, -0.15) is 0 Å². The van der Waals surface area contributed by atoms with Gasteiger partial charge in [0, 0.05) is 29.0 Å². The van der Waals surface area contributed by atoms with Crippen LogP contribution in [0.3, 0.4) is 0 Å². The number of ether oxygens (including phenoxy) is 1. The van der Waals surface area contributed by atoms with E-state index in [9.17, 15) is 24.5 Å². The zero-order chi connectivity index (χ0) is 24.7. The van der Waals surface area contributed by atoms with Crippen LogP contribution in [0.15, 0.2) is 72.8 Å². The lowest BCUT2D eigenvalue weighted by atomic mass is 9.97. The van der Waals surface area contributed by atoms with E-state index in [2.05, 4.69) is 5.32 Å². The van der Waals surface area contributed by atoms with Gasteiger partial charge in [0.25, 0.3) is 11.6 Å². The summed E-state index contributed by atoms with van der Waals surface area (Å²) >= 11 is 5.83. The third-order valence-electron chi connectivity index (χ3n) is 4.69. The fourth-order valence-electron chi connectivity index (χ4n) is 3.06. The molecule has 3 aromatic carbocycles. The van der Waals surface area contributed by atoms with Crippen molar-refractivity contribution in [1.82, 2.24) is 0 Å². The average Bonchev–Trinajstić information content (AvgIpc) is 2.83. The van der Waals surface area contributed by atoms with Gasteiger partial charge >= 0.3 is 5.97 Å². The van der Waals surface area contributed by atoms with Gasteiger partial charge in [0.2, 0.25) is 0 Å². The number of nitrogens with zero attached hydrogens (tertiary/aromatic N) is 1. The maximum Gasteiger partial charge on any atom is 0.330 e. The smallest absolute Gasteiger partial charge is 0.330 e. The van der Waals surface area contributed by atoms with Crippen LogP contribution in [0.4, 0.5) is 11.4 Å². The van der Waals surface area contributed by atoms with Crippen molar-refractivity contribution < 1.29 is 24.0 Å². The number of nitrogens with one attached hydrogen (secondary N) is 1. The fraction of sp³-hybridized carbons (Fsp3) is 0.0800. The minimum atomic E-state index is -0.677. The molecule has 8 nitrogen and oxygen atoms in total. The normalized spacial score (nSPS) is 10.6. The highest BCUT2D eigenvalue weighted by Crippen LogP contribution is 2.27. The number of esters is 1. The molecule has 0 bridgehead atoms. The first kappa shape index (κ1) is 24.3. The van der Waals surface area contributed by atoms with Crippen molar-refractivity contribution in [1.29, 1.82) is 0 Å². The van der Waals surface area contributed by atoms with Crippen molar-refractivity contribution in [2.45, 2.75) is 6.92 Å². The molecule has 3 aromatic rings. The summed E-state index contributed by atoms with van der Waals surface area (Å²) < 4.78 is 4.83. The summed E-state index contributed by atoms with van der Waals surface area (Å²) in [5, 5.41) is 13.8. The molecule has 172 valence electrons. The first-order valence-corrected chi connectivity index (χ1v) is 10.5. The van der Waals surface area contributed by atoms with E-state index in [1.165, 1.54) is 30.3 Å². The Balaban J connectivity index is 1.80. The number of ketones is 1. The lowest BCUT2D eigenvalue weighted by Crippen LogP contribution is -2.17. The van der Waals surface area contributed by atoms with Crippen molar-refractivity contribution in [2.24, 2.45) is 0 Å². The Labute approximate surface area is 200 Å². The maximum atomic E-state index is 13.0. The highest BCUT2D eigenvalue weighted by atomic mass is 35.5. The van der Waals surface area contributed by atoms with E-state index in [-0.39, 0.29) is 28.3 Å². The van der Waals surface area contributed by atoms with Crippen molar-refractivity contribution in [3.05, 3.63) is 110 Å². The minimum absolute atomic E-state index is 0.0362. The van der Waals surface area contributed by atoms with Gasteiger partial charge in [-0.3, -0.25) is 19.7 Å². The number of nitro benzene ring substituents is 1. The second-order valence-electron chi connectivity index (χ2n) is 6.96. The number of amides is 1. The Bertz CT molecular complexity index is 1280. The standard InChI is InChI=1S/C25H19ClN2O6/c1-2-34-23(29)14-9-16-7-11-18(12-8-16)27-25(31)20-6-4-3-5-19(20)24(30)17-10-13-21(26)22(15-17)28(32)33/h3-15H,2H2,1H3,(H,27,31)/b14-9+. The molecule has 9 heteroatoms. The van der Waals surface area contributed by atoms with Crippen LogP contribution >= 0.6 is 11.6 Å². The van der Waals surface area contributed by atoms with Gasteiger partial charge in [-0.15, -0.1) is 0 Å². The number of halogens is 1. The van der Waals surface area contributed by atoms with Crippen LogP contribution in [0.2, 0.25) is 5.02 Å². The van der Waals surface area contributed by atoms with Gasteiger partial charge in [0.15, 0.2) is 5.78 Å². The summed E-state index contributed by atoms with van der Waals surface area (Å²) in [6.45, 7) is 2.00. The van der Waals surface area contributed by atoms with Crippen LogP contribution in [0.5, 0.6) is 0 Å². The molecule has 1 amide bonds. The van der Waals surface area contributed by atoms with Crippen LogP contribution in [0.25, 0.3) is 6.08 Å². The summed E-state index contributed by atoms with van der Waals surface area (Å²) in [5.74, 6) is -1.53. The van der Waals surface area contributed by atoms with Gasteiger partial charge in [-0.25, -0.2) is 4.79 Å². The topological polar surface area (TPSA) is 116 Å². The predicted octanol–water partition coefficient (Wildman–Crippen LogP) is 5.31. The van der Waals surface area contributed by atoms with Crippen LogP contribution < -0.4 is 5.32 Å². The third kappa shape index (κ3) is 5.93. The maximum absolute atomic E-state index is 13.0. The van der Waals surface area contributed by atoms with Crippen LogP contribution in [-0.4, -0.2) is 29.2 Å². The number of benzene rings is 3. The zero-order valence-electron chi connectivity index (χ0n) is 18.0. The van der Waals surface area contributed by atoms with E-state index in [1.807, 2.05) is 0 Å². The average molecular weight is 479 g/mol. The van der Waals surface area contributed by atoms with E-state index in [1.54, 1.807) is 49.4 Å². The van der Waals surface area contributed by atoms with Crippen molar-refractivity contribution in [3.8, 4) is 0 Å². The van der Waals surface area contributed by atoms with Gasteiger partial charge < -0.3 is 10.1 Å². The van der Waals surface area contributed by atoms with Gasteiger partial charge in [0.05, 0.1) is 17.1 Å². The van der Waals surface area contributed by atoms with Gasteiger partial charge in [-0.1, -0.05) is 41.9 Å². The number of anilines is 1. The van der Waals surface area contributed by atoms with Crippen LogP contribution in [-0.2, 0) is 9.53 Å². The van der Waals surface area contributed by atoms with E-state index >= 15 is 0 Å². The molecule has 0 atom stereocenters. The number of hydrogen-bond acceptors (Lipinski definition) is 6. The lowest BCUT2D eigenvalue weighted by molar-refractivity contribution is -0.384. The first-order valence-electron chi connectivity index (χ1n) is 10.1. The van der Waals surface area contributed by atoms with E-state index < -0.39 is 28.3 Å². The van der Waals surface area contributed by atoms with E-state index in [0.717, 1.165) is 11.6 Å². The zero-order valence-corrected chi connectivity index (χ0v) is 18.7. The molecule has 0 saturated carbocycles. The highest BCUT2D eigenvalue weighted by Gasteiger charge is 2.21. The van der Waals surface area contributed by atoms with Crippen molar-refractivity contribution in [3.63, 3.8) is 0 Å². The number of hydrogen-bond donors (Lipinski definition) is 1. The molecule has 0 fully saturated rings. The monoisotopic (exact) mass is 478 g/mol. The molecule has 0 radical (unpaired) electrons. The molecule has 1 N–H and O–H groups in total. The molecule has 0 unspecified atom stereocenters. The Morgan fingerprint density at radius 3 is 2.35 bits per heavy atom. The summed E-state index contributed by atoms with van der Waals surface area (Å²) in [5.41, 5.74) is 1.04. The molecule has 0 spiro atoms. The molecular weight excluding hydrogens is 460 g/mol. The molecule has 0 aliphatic carbocycles. The largest absolute Gasteiger partial charge is 0.463 e. The predicted molar refractivity (Wildman–Crippen MR) is 128 cm³/mol. The van der Waals surface area contributed by atoms with Crippen LogP contribution in [0.1, 0.15) is 38.8 Å². The summed E-state index contributed by atoms with van der Waals surface area (Å²) in [4.78, 5) is 47.8. The van der Waals surface area contributed by atoms with Gasteiger partial charge in [0.1, 0.15) is 5.02 Å². The number of nitro groups is 1. The SMILES string of the molecule is CCOC(=O)/C=C/c1ccc(NC(=O)c2ccccc2C(=O)c2ccc(Cl)c([N+](=O)[O-])c2)cc1. The summed E-state index contributed by atoms with van der Waals surface area (Å²) in [7, 11) is 0. The number of carbonyl (C=O) groups excluding carboxylic acids is 3. The van der Waals surface area contributed by atoms with E-state index in [4.69, 9.17) is 16.3 Å². The van der Waals surface area contributed by atoms with Crippen LogP contribution in [0, 0.1) is 10.1 Å². The minimum Gasteiger partial charge on any atom is -0.463 e. The summed E-state index contributed by atoms with van der Waals surface area (Å²) in [6.07, 6.45) is 2.89. The van der Waals surface area contributed by atoms with Crippen molar-refractivity contribution >= 4 is 46.7 Å². The Morgan fingerprint density at radius 2 is 1.71 bits per heavy atom. The molecule has 0 aliphatic heterocycles. The second kappa shape index (κ2) is 11.0. The molecule has 0 saturated heterocycles. The second-order valence-corrected chi connectivity index (χ2v) is 7.37. The lowest BCUT2D eigenvalue weighted by Gasteiger charge is -2.10. The molecule has 0 heterocycles. The quantitative estimate of drug-likeness (QED) is 0.154. The summed E-state index contributed by atoms with van der Waals surface area (Å²) in [6, 6.07) is 16.6. The highest BCUT2D eigenvalue weighted by molar-refractivity contribution is 6.33.